The predicted octanol–water partition coefficient (Wildman–Crippen LogP) is -3.16. The molecule has 0 bridgehead atoms. The van der Waals surface area contributed by atoms with Crippen LogP contribution < -0.4 is 52.8 Å². The maximum absolute atomic E-state index is 5.95. The van der Waals surface area contributed by atoms with E-state index >= 15 is 0 Å². The van der Waals surface area contributed by atoms with E-state index in [0.29, 0.717) is 0 Å². The fourth-order valence-corrected chi connectivity index (χ4v) is 5.38. The Morgan fingerprint density at radius 3 is 1.65 bits per heavy atom. The molecule has 1 aliphatic heterocycles. The van der Waals surface area contributed by atoms with Gasteiger partial charge in [0.2, 0.25) is 0 Å². The zero-order valence-corrected chi connectivity index (χ0v) is 14.2. The Morgan fingerprint density at radius 2 is 1.25 bits per heavy atom. The SMILES string of the molecule is Cc1c[c-]c2c(c1)[Si](C)(C)c1cc(C)c[c-]c1O2.[Li+].[Li+]. The first-order valence-electron chi connectivity index (χ1n) is 6.22. The predicted molar refractivity (Wildman–Crippen MR) is 76.9 cm³/mol. The number of hydrogen-bond acceptors (Lipinski definition) is 1. The number of fused-ring (bicyclic) bond motifs is 2. The van der Waals surface area contributed by atoms with E-state index in [1.807, 2.05) is 12.1 Å². The molecule has 0 unspecified atom stereocenters. The van der Waals surface area contributed by atoms with E-state index in [4.69, 9.17) is 4.74 Å². The van der Waals surface area contributed by atoms with Crippen LogP contribution in [0, 0.1) is 26.0 Å². The normalized spacial score (nSPS) is 14.0. The third-order valence-electron chi connectivity index (χ3n) is 3.65. The minimum absolute atomic E-state index is 0. The Hall–Kier alpha value is -0.348. The minimum atomic E-state index is -1.68. The summed E-state index contributed by atoms with van der Waals surface area (Å²) in [5.41, 5.74) is 2.50. The van der Waals surface area contributed by atoms with E-state index in [9.17, 15) is 0 Å². The van der Waals surface area contributed by atoms with Crippen LogP contribution in [-0.4, -0.2) is 8.07 Å². The van der Waals surface area contributed by atoms with E-state index in [1.54, 1.807) is 0 Å². The molecule has 0 fully saturated rings. The van der Waals surface area contributed by atoms with Gasteiger partial charge in [-0.3, -0.25) is 0 Å². The number of rotatable bonds is 0. The Morgan fingerprint density at radius 1 is 0.850 bits per heavy atom. The number of benzene rings is 2. The molecule has 3 rings (SSSR count). The van der Waals surface area contributed by atoms with Gasteiger partial charge in [0.15, 0.2) is 0 Å². The van der Waals surface area contributed by atoms with E-state index in [-0.39, 0.29) is 37.7 Å². The summed E-state index contributed by atoms with van der Waals surface area (Å²) in [7, 11) is -1.68. The molecule has 20 heavy (non-hydrogen) atoms. The van der Waals surface area contributed by atoms with Gasteiger partial charge < -0.3 is 4.74 Å². The van der Waals surface area contributed by atoms with Crippen LogP contribution in [0.4, 0.5) is 0 Å². The standard InChI is InChI=1S/C16H16OSi.2Li/c1-11-5-7-13-15(9-11)18(3,4)16-10-12(2)6-8-14(16)17-13;;/h5-6,9-10H,1-4H3;;/q-2;2*+1. The molecule has 0 amide bonds. The Labute approximate surface area is 146 Å². The van der Waals surface area contributed by atoms with Crippen molar-refractivity contribution in [1.29, 1.82) is 0 Å². The summed E-state index contributed by atoms with van der Waals surface area (Å²) in [6, 6.07) is 15.0. The van der Waals surface area contributed by atoms with Crippen molar-refractivity contribution >= 4 is 18.4 Å². The number of aryl methyl sites for hydroxylation is 2. The summed E-state index contributed by atoms with van der Waals surface area (Å²) in [6.07, 6.45) is 0. The molecule has 0 aliphatic carbocycles. The average molecular weight is 266 g/mol. The van der Waals surface area contributed by atoms with Gasteiger partial charge in [0.1, 0.15) is 0 Å². The van der Waals surface area contributed by atoms with Crippen LogP contribution in [0.3, 0.4) is 0 Å². The van der Waals surface area contributed by atoms with Gasteiger partial charge in [-0.1, -0.05) is 26.9 Å². The van der Waals surface area contributed by atoms with Crippen molar-refractivity contribution in [2.45, 2.75) is 26.9 Å². The molecule has 4 heteroatoms. The molecule has 2 aromatic carbocycles. The molecule has 1 aliphatic rings. The van der Waals surface area contributed by atoms with Crippen molar-refractivity contribution in [3.63, 3.8) is 0 Å². The van der Waals surface area contributed by atoms with Crippen molar-refractivity contribution in [2.24, 2.45) is 0 Å². The quantitative estimate of drug-likeness (QED) is 0.361. The topological polar surface area (TPSA) is 9.23 Å². The third-order valence-corrected chi connectivity index (χ3v) is 7.08. The molecule has 1 heterocycles. The molecule has 0 radical (unpaired) electrons. The Kier molecular flexibility index (Phi) is 5.48. The van der Waals surface area contributed by atoms with Crippen LogP contribution in [-0.2, 0) is 0 Å². The van der Waals surface area contributed by atoms with Crippen LogP contribution in [0.1, 0.15) is 11.1 Å². The maximum Gasteiger partial charge on any atom is 1.00 e. The smallest absolute Gasteiger partial charge is 0.509 e. The van der Waals surface area contributed by atoms with E-state index in [1.165, 1.54) is 21.5 Å². The van der Waals surface area contributed by atoms with E-state index in [0.717, 1.165) is 11.5 Å². The minimum Gasteiger partial charge on any atom is -0.509 e. The van der Waals surface area contributed by atoms with E-state index < -0.39 is 8.07 Å². The van der Waals surface area contributed by atoms with Crippen molar-refractivity contribution in [1.82, 2.24) is 0 Å². The zero-order valence-electron chi connectivity index (χ0n) is 13.2. The molecule has 0 saturated carbocycles. The molecular weight excluding hydrogens is 250 g/mol. The van der Waals surface area contributed by atoms with Gasteiger partial charge in [0.25, 0.3) is 0 Å². The molecular formula is C16H16Li2OSi. The molecule has 0 spiro atoms. The summed E-state index contributed by atoms with van der Waals surface area (Å²) in [4.78, 5) is 0. The molecule has 0 saturated heterocycles. The zero-order chi connectivity index (χ0) is 12.9. The fourth-order valence-electron chi connectivity index (χ4n) is 2.53. The molecule has 2 aromatic rings. The summed E-state index contributed by atoms with van der Waals surface area (Å²) >= 11 is 0. The second-order valence-electron chi connectivity index (χ2n) is 5.57. The van der Waals surface area contributed by atoms with Gasteiger partial charge in [-0.2, -0.15) is 35.4 Å². The van der Waals surface area contributed by atoms with Gasteiger partial charge >= 0.3 is 37.7 Å². The van der Waals surface area contributed by atoms with Crippen LogP contribution in [0.15, 0.2) is 24.3 Å². The first kappa shape index (κ1) is 17.7. The molecule has 92 valence electrons. The van der Waals surface area contributed by atoms with Gasteiger partial charge in [0, 0.05) is 11.5 Å². The van der Waals surface area contributed by atoms with Crippen LogP contribution in [0.2, 0.25) is 13.1 Å². The van der Waals surface area contributed by atoms with Crippen LogP contribution in [0.25, 0.3) is 0 Å². The average Bonchev–Trinajstić information content (AvgIpc) is 2.32. The monoisotopic (exact) mass is 266 g/mol. The molecule has 0 N–H and O–H groups in total. The summed E-state index contributed by atoms with van der Waals surface area (Å²) in [5, 5.41) is 2.68. The van der Waals surface area contributed by atoms with Gasteiger partial charge in [0.05, 0.1) is 0 Å². The Bertz CT molecular complexity index is 585. The maximum atomic E-state index is 5.95. The molecule has 0 aromatic heterocycles. The van der Waals surface area contributed by atoms with Gasteiger partial charge in [-0.15, -0.1) is 22.5 Å². The van der Waals surface area contributed by atoms with Crippen molar-refractivity contribution in [2.75, 3.05) is 0 Å². The van der Waals surface area contributed by atoms with E-state index in [2.05, 4.69) is 51.2 Å². The fraction of sp³-hybridized carbons (Fsp3) is 0.250. The summed E-state index contributed by atoms with van der Waals surface area (Å²) in [6.45, 7) is 8.96. The van der Waals surface area contributed by atoms with Crippen molar-refractivity contribution in [3.8, 4) is 11.5 Å². The third kappa shape index (κ3) is 2.82. The number of hydrogen-bond donors (Lipinski definition) is 0. The number of ether oxygens (including phenoxy) is 1. The van der Waals surface area contributed by atoms with Crippen molar-refractivity contribution in [3.05, 3.63) is 47.5 Å². The van der Waals surface area contributed by atoms with Crippen molar-refractivity contribution < 1.29 is 42.5 Å². The molecule has 0 atom stereocenters. The first-order chi connectivity index (χ1) is 8.48. The largest absolute Gasteiger partial charge is 1.00 e. The van der Waals surface area contributed by atoms with Gasteiger partial charge in [-0.25, -0.2) is 0 Å². The van der Waals surface area contributed by atoms with Crippen LogP contribution >= 0.6 is 0 Å². The second kappa shape index (κ2) is 6.19. The molecule has 1 nitrogen and oxygen atoms in total. The first-order valence-corrected chi connectivity index (χ1v) is 9.22. The summed E-state index contributed by atoms with van der Waals surface area (Å²) in [5.74, 6) is 1.79. The summed E-state index contributed by atoms with van der Waals surface area (Å²) < 4.78 is 5.95. The second-order valence-corrected chi connectivity index (χ2v) is 9.89. The van der Waals surface area contributed by atoms with Crippen LogP contribution in [0.5, 0.6) is 11.5 Å². The Balaban J connectivity index is 0.000001000. The van der Waals surface area contributed by atoms with Gasteiger partial charge in [-0.05, 0) is 8.07 Å².